The first-order chi connectivity index (χ1) is 16.1. The molecule has 0 bridgehead atoms. The van der Waals surface area contributed by atoms with Gasteiger partial charge in [-0.25, -0.2) is 9.82 Å². The largest absolute Gasteiger partial charge is 0.497 e. The molecule has 1 aromatic heterocycles. The Hall–Kier alpha value is -4.53. The average Bonchev–Trinajstić information content (AvgIpc) is 3.35. The molecule has 0 spiro atoms. The molecular formula is C24H19FN4O4. The third-order valence-corrected chi connectivity index (χ3v) is 4.71. The second-order valence-electron chi connectivity index (χ2n) is 6.81. The van der Waals surface area contributed by atoms with Gasteiger partial charge in [-0.3, -0.25) is 4.79 Å². The molecule has 0 aliphatic carbocycles. The van der Waals surface area contributed by atoms with Crippen molar-refractivity contribution in [2.24, 2.45) is 5.10 Å². The van der Waals surface area contributed by atoms with E-state index in [1.807, 2.05) is 0 Å². The van der Waals surface area contributed by atoms with Gasteiger partial charge < -0.3 is 13.9 Å². The fourth-order valence-corrected chi connectivity index (χ4v) is 2.97. The Labute approximate surface area is 188 Å². The molecule has 1 N–H and O–H groups in total. The van der Waals surface area contributed by atoms with Gasteiger partial charge in [-0.2, -0.15) is 5.10 Å². The van der Waals surface area contributed by atoms with Crippen LogP contribution in [0, 0.1) is 5.82 Å². The van der Waals surface area contributed by atoms with Crippen LogP contribution in [0.1, 0.15) is 15.9 Å². The minimum Gasteiger partial charge on any atom is -0.497 e. The van der Waals surface area contributed by atoms with E-state index in [-0.39, 0.29) is 5.82 Å². The molecule has 0 atom stereocenters. The van der Waals surface area contributed by atoms with Gasteiger partial charge in [-0.15, -0.1) is 10.2 Å². The number of nitrogens with zero attached hydrogens (tertiary/aromatic N) is 3. The predicted molar refractivity (Wildman–Crippen MR) is 120 cm³/mol. The van der Waals surface area contributed by atoms with Crippen molar-refractivity contribution < 1.29 is 23.1 Å². The zero-order valence-corrected chi connectivity index (χ0v) is 17.8. The Morgan fingerprint density at radius 2 is 1.70 bits per heavy atom. The monoisotopic (exact) mass is 446 g/mol. The molecule has 0 aliphatic heterocycles. The van der Waals surface area contributed by atoms with Crippen molar-refractivity contribution in [3.63, 3.8) is 0 Å². The van der Waals surface area contributed by atoms with Crippen LogP contribution < -0.4 is 14.9 Å². The molecule has 0 aliphatic rings. The van der Waals surface area contributed by atoms with E-state index in [0.717, 1.165) is 0 Å². The highest BCUT2D eigenvalue weighted by molar-refractivity contribution is 5.95. The molecule has 0 saturated carbocycles. The smallest absolute Gasteiger partial charge is 0.271 e. The molecule has 1 heterocycles. The van der Waals surface area contributed by atoms with E-state index in [1.54, 1.807) is 68.8 Å². The van der Waals surface area contributed by atoms with Gasteiger partial charge in [0.2, 0.25) is 5.89 Å². The quantitative estimate of drug-likeness (QED) is 0.335. The van der Waals surface area contributed by atoms with Gasteiger partial charge in [0.25, 0.3) is 11.8 Å². The summed E-state index contributed by atoms with van der Waals surface area (Å²) in [5.41, 5.74) is 4.76. The summed E-state index contributed by atoms with van der Waals surface area (Å²) in [5.74, 6) is 1.04. The maximum Gasteiger partial charge on any atom is 0.271 e. The van der Waals surface area contributed by atoms with Crippen LogP contribution in [-0.4, -0.2) is 36.5 Å². The van der Waals surface area contributed by atoms with Gasteiger partial charge in [0.05, 0.1) is 26.0 Å². The van der Waals surface area contributed by atoms with E-state index in [2.05, 4.69) is 20.7 Å². The number of amides is 1. The van der Waals surface area contributed by atoms with Crippen LogP contribution in [0.25, 0.3) is 22.9 Å². The number of halogens is 1. The maximum absolute atomic E-state index is 12.9. The van der Waals surface area contributed by atoms with Gasteiger partial charge >= 0.3 is 0 Å². The lowest BCUT2D eigenvalue weighted by molar-refractivity contribution is 0.0955. The second kappa shape index (κ2) is 9.73. The van der Waals surface area contributed by atoms with Gasteiger partial charge in [0.1, 0.15) is 17.3 Å². The molecule has 9 heteroatoms. The Bertz CT molecular complexity index is 1280. The van der Waals surface area contributed by atoms with E-state index in [4.69, 9.17) is 13.9 Å². The third kappa shape index (κ3) is 5.04. The standard InChI is InChI=1S/C24H19FN4O4/c1-31-19-11-12-20(21(13-19)32-2)24-29-28-23(33-24)17-7-5-16(6-8-17)22(30)27-26-14-15-3-9-18(25)10-4-15/h3-14H,1-2H3,(H,27,30)/b26-14+. The fourth-order valence-electron chi connectivity index (χ4n) is 2.97. The number of benzene rings is 3. The summed E-state index contributed by atoms with van der Waals surface area (Å²) >= 11 is 0. The van der Waals surface area contributed by atoms with E-state index < -0.39 is 5.91 Å². The predicted octanol–water partition coefficient (Wildman–Crippen LogP) is 4.32. The first-order valence-corrected chi connectivity index (χ1v) is 9.82. The van der Waals surface area contributed by atoms with E-state index in [1.165, 1.54) is 18.3 Å². The van der Waals surface area contributed by atoms with Gasteiger partial charge in [0, 0.05) is 17.2 Å². The van der Waals surface area contributed by atoms with Crippen molar-refractivity contribution in [1.82, 2.24) is 15.6 Å². The number of nitrogens with one attached hydrogen (secondary N) is 1. The Morgan fingerprint density at radius 3 is 2.39 bits per heavy atom. The van der Waals surface area contributed by atoms with Gasteiger partial charge in [0.15, 0.2) is 0 Å². The summed E-state index contributed by atoms with van der Waals surface area (Å²) in [4.78, 5) is 12.3. The number of hydrazone groups is 1. The maximum atomic E-state index is 12.9. The van der Waals surface area contributed by atoms with Crippen molar-refractivity contribution in [3.05, 3.63) is 83.7 Å². The Kier molecular flexibility index (Phi) is 6.40. The van der Waals surface area contributed by atoms with Crippen molar-refractivity contribution in [2.45, 2.75) is 0 Å². The number of hydrogen-bond donors (Lipinski definition) is 1. The highest BCUT2D eigenvalue weighted by atomic mass is 19.1. The lowest BCUT2D eigenvalue weighted by Crippen LogP contribution is -2.17. The number of methoxy groups -OCH3 is 2. The Morgan fingerprint density at radius 1 is 0.970 bits per heavy atom. The molecule has 33 heavy (non-hydrogen) atoms. The fraction of sp³-hybridized carbons (Fsp3) is 0.0833. The van der Waals surface area contributed by atoms with E-state index in [0.29, 0.717) is 45.5 Å². The minimum atomic E-state index is -0.394. The first-order valence-electron chi connectivity index (χ1n) is 9.82. The number of ether oxygens (including phenoxy) is 2. The zero-order chi connectivity index (χ0) is 23.2. The summed E-state index contributed by atoms with van der Waals surface area (Å²) in [6.45, 7) is 0. The summed E-state index contributed by atoms with van der Waals surface area (Å²) in [7, 11) is 3.12. The normalized spacial score (nSPS) is 10.9. The van der Waals surface area contributed by atoms with Crippen LogP contribution in [0.4, 0.5) is 4.39 Å². The summed E-state index contributed by atoms with van der Waals surface area (Å²) < 4.78 is 29.3. The second-order valence-corrected chi connectivity index (χ2v) is 6.81. The highest BCUT2D eigenvalue weighted by Gasteiger charge is 2.16. The molecule has 1 amide bonds. The topological polar surface area (TPSA) is 98.8 Å². The minimum absolute atomic E-state index is 0.293. The zero-order valence-electron chi connectivity index (χ0n) is 17.8. The number of carbonyl (C=O) groups excluding carboxylic acids is 1. The lowest BCUT2D eigenvalue weighted by Gasteiger charge is -2.07. The number of carbonyl (C=O) groups is 1. The van der Waals surface area contributed by atoms with Gasteiger partial charge in [-0.1, -0.05) is 12.1 Å². The molecule has 4 rings (SSSR count). The Balaban J connectivity index is 1.45. The van der Waals surface area contributed by atoms with Crippen LogP contribution in [0.2, 0.25) is 0 Å². The highest BCUT2D eigenvalue weighted by Crippen LogP contribution is 2.33. The van der Waals surface area contributed by atoms with Crippen molar-refractivity contribution in [1.29, 1.82) is 0 Å². The third-order valence-electron chi connectivity index (χ3n) is 4.71. The van der Waals surface area contributed by atoms with Crippen molar-refractivity contribution in [3.8, 4) is 34.4 Å². The van der Waals surface area contributed by atoms with Crippen LogP contribution in [0.15, 0.2) is 76.2 Å². The van der Waals surface area contributed by atoms with Crippen LogP contribution in [-0.2, 0) is 0 Å². The molecule has 0 saturated heterocycles. The average molecular weight is 446 g/mol. The van der Waals surface area contributed by atoms with Crippen LogP contribution in [0.3, 0.4) is 0 Å². The number of hydrogen-bond acceptors (Lipinski definition) is 7. The van der Waals surface area contributed by atoms with Crippen molar-refractivity contribution >= 4 is 12.1 Å². The molecule has 4 aromatic rings. The molecule has 3 aromatic carbocycles. The molecule has 0 radical (unpaired) electrons. The molecule has 0 unspecified atom stereocenters. The number of aromatic nitrogens is 2. The SMILES string of the molecule is COc1ccc(-c2nnc(-c3ccc(C(=O)N/N=C/c4ccc(F)cc4)cc3)o2)c(OC)c1. The lowest BCUT2D eigenvalue weighted by atomic mass is 10.1. The molecular weight excluding hydrogens is 427 g/mol. The summed E-state index contributed by atoms with van der Waals surface area (Å²) in [6, 6.07) is 17.6. The molecule has 8 nitrogen and oxygen atoms in total. The summed E-state index contributed by atoms with van der Waals surface area (Å²) in [6.07, 6.45) is 1.43. The number of rotatable bonds is 7. The van der Waals surface area contributed by atoms with E-state index >= 15 is 0 Å². The molecule has 166 valence electrons. The summed E-state index contributed by atoms with van der Waals surface area (Å²) in [5, 5.41) is 12.1. The van der Waals surface area contributed by atoms with E-state index in [9.17, 15) is 9.18 Å². The van der Waals surface area contributed by atoms with Crippen LogP contribution in [0.5, 0.6) is 11.5 Å². The molecule has 0 fully saturated rings. The van der Waals surface area contributed by atoms with Gasteiger partial charge in [-0.05, 0) is 54.1 Å². The van der Waals surface area contributed by atoms with Crippen LogP contribution >= 0.6 is 0 Å². The first kappa shape index (κ1) is 21.7. The van der Waals surface area contributed by atoms with Crippen molar-refractivity contribution in [2.75, 3.05) is 14.2 Å².